The molecule has 12 heavy (non-hydrogen) atoms. The summed E-state index contributed by atoms with van der Waals surface area (Å²) in [6.07, 6.45) is 7.12. The Hall–Kier alpha value is -0.770. The van der Waals surface area contributed by atoms with Crippen molar-refractivity contribution in [3.63, 3.8) is 0 Å². The summed E-state index contributed by atoms with van der Waals surface area (Å²) in [5, 5.41) is 0. The smallest absolute Gasteiger partial charge is 0.205 e. The average Bonchev–Trinajstić information content (AvgIpc) is 2.06. The molecule has 1 fully saturated rings. The van der Waals surface area contributed by atoms with E-state index in [0.717, 1.165) is 0 Å². The predicted octanol–water partition coefficient (Wildman–Crippen LogP) is 2.55. The molecule has 0 aromatic rings. The van der Waals surface area contributed by atoms with Crippen molar-refractivity contribution in [1.29, 1.82) is 0 Å². The first kappa shape index (κ1) is 9.32. The molecule has 0 unspecified atom stereocenters. The third-order valence-electron chi connectivity index (χ3n) is 2.46. The first-order valence-electron chi connectivity index (χ1n) is 4.78. The van der Waals surface area contributed by atoms with Crippen LogP contribution in [0.1, 0.15) is 45.4 Å². The highest BCUT2D eigenvalue weighted by atomic mass is 16.1. The molecule has 1 saturated carbocycles. The zero-order valence-corrected chi connectivity index (χ0v) is 7.73. The van der Waals surface area contributed by atoms with E-state index in [4.69, 9.17) is 0 Å². The van der Waals surface area contributed by atoms with Crippen LogP contribution >= 0.6 is 0 Å². The number of rotatable bonds is 2. The van der Waals surface area contributed by atoms with E-state index in [0.29, 0.717) is 12.3 Å². The highest BCUT2D eigenvalue weighted by Crippen LogP contribution is 2.26. The zero-order valence-electron chi connectivity index (χ0n) is 7.73. The summed E-state index contributed by atoms with van der Waals surface area (Å²) < 4.78 is 0. The molecule has 0 amide bonds. The summed E-state index contributed by atoms with van der Waals surface area (Å²) in [6, 6.07) is 0. The van der Waals surface area contributed by atoms with Gasteiger partial charge in [-0.2, -0.15) is 0 Å². The van der Waals surface area contributed by atoms with Crippen molar-refractivity contribution in [2.75, 3.05) is 0 Å². The topological polar surface area (TPSA) is 17.1 Å². The van der Waals surface area contributed by atoms with Crippen LogP contribution in [-0.2, 0) is 4.79 Å². The molecule has 1 heteroatoms. The van der Waals surface area contributed by atoms with Gasteiger partial charge in [0, 0.05) is 6.42 Å². The van der Waals surface area contributed by atoms with Crippen LogP contribution in [-0.4, -0.2) is 5.78 Å². The van der Waals surface area contributed by atoms with Crippen LogP contribution in [0, 0.1) is 17.8 Å². The van der Waals surface area contributed by atoms with Crippen LogP contribution in [0.4, 0.5) is 0 Å². The van der Waals surface area contributed by atoms with Gasteiger partial charge in [0.25, 0.3) is 0 Å². The Bertz CT molecular complexity index is 201. The van der Waals surface area contributed by atoms with Gasteiger partial charge in [0.1, 0.15) is 0 Å². The third kappa shape index (κ3) is 3.09. The van der Waals surface area contributed by atoms with Gasteiger partial charge < -0.3 is 0 Å². The fourth-order valence-corrected chi connectivity index (χ4v) is 1.84. The zero-order chi connectivity index (χ0) is 8.81. The van der Waals surface area contributed by atoms with E-state index < -0.39 is 0 Å². The summed E-state index contributed by atoms with van der Waals surface area (Å²) in [7, 11) is 0. The van der Waals surface area contributed by atoms with Gasteiger partial charge >= 0.3 is 0 Å². The van der Waals surface area contributed by atoms with Gasteiger partial charge in [-0.25, -0.2) is 0 Å². The molecule has 0 atom stereocenters. The standard InChI is InChI=1S/C11H16O/c1-2-6-11(12)9-10-7-4-3-5-8-10/h10H,3-5,7-9H2,1H3. The van der Waals surface area contributed by atoms with Crippen molar-refractivity contribution >= 4 is 5.78 Å². The lowest BCUT2D eigenvalue weighted by molar-refractivity contribution is -0.114. The van der Waals surface area contributed by atoms with Gasteiger partial charge in [-0.1, -0.05) is 25.2 Å². The number of ketones is 1. The van der Waals surface area contributed by atoms with E-state index in [9.17, 15) is 4.79 Å². The minimum absolute atomic E-state index is 0.129. The largest absolute Gasteiger partial charge is 0.285 e. The van der Waals surface area contributed by atoms with Gasteiger partial charge in [0.05, 0.1) is 0 Å². The highest BCUT2D eigenvalue weighted by molar-refractivity contribution is 5.95. The van der Waals surface area contributed by atoms with E-state index >= 15 is 0 Å². The molecular weight excluding hydrogens is 148 g/mol. The second-order valence-electron chi connectivity index (χ2n) is 3.51. The summed E-state index contributed by atoms with van der Waals surface area (Å²) in [5.41, 5.74) is 0. The van der Waals surface area contributed by atoms with Crippen molar-refractivity contribution in [3.8, 4) is 11.8 Å². The van der Waals surface area contributed by atoms with Crippen LogP contribution in [0.25, 0.3) is 0 Å². The van der Waals surface area contributed by atoms with Gasteiger partial charge in [-0.05, 0) is 31.6 Å². The van der Waals surface area contributed by atoms with Crippen LogP contribution in [0.5, 0.6) is 0 Å². The quantitative estimate of drug-likeness (QED) is 0.453. The maximum atomic E-state index is 11.1. The Kier molecular flexibility index (Phi) is 3.87. The third-order valence-corrected chi connectivity index (χ3v) is 2.46. The summed E-state index contributed by atoms with van der Waals surface area (Å²) in [4.78, 5) is 11.1. The van der Waals surface area contributed by atoms with E-state index in [-0.39, 0.29) is 5.78 Å². The van der Waals surface area contributed by atoms with Crippen LogP contribution in [0.2, 0.25) is 0 Å². The van der Waals surface area contributed by atoms with E-state index in [1.165, 1.54) is 32.1 Å². The van der Waals surface area contributed by atoms with Crippen molar-refractivity contribution < 1.29 is 4.79 Å². The molecule has 1 aliphatic rings. The Morgan fingerprint density at radius 1 is 1.33 bits per heavy atom. The SMILES string of the molecule is CC#CC(=O)CC1CCCCC1. The van der Waals surface area contributed by atoms with Crippen LogP contribution in [0.15, 0.2) is 0 Å². The number of hydrogen-bond acceptors (Lipinski definition) is 1. The molecule has 1 rings (SSSR count). The van der Waals surface area contributed by atoms with Crippen molar-refractivity contribution in [1.82, 2.24) is 0 Å². The first-order valence-corrected chi connectivity index (χ1v) is 4.78. The van der Waals surface area contributed by atoms with Crippen molar-refractivity contribution in [3.05, 3.63) is 0 Å². The lowest BCUT2D eigenvalue weighted by Crippen LogP contribution is -2.10. The Morgan fingerprint density at radius 2 is 2.00 bits per heavy atom. The fraction of sp³-hybridized carbons (Fsp3) is 0.727. The number of hydrogen-bond donors (Lipinski definition) is 0. The average molecular weight is 164 g/mol. The fourth-order valence-electron chi connectivity index (χ4n) is 1.84. The molecule has 66 valence electrons. The Balaban J connectivity index is 2.27. The lowest BCUT2D eigenvalue weighted by atomic mass is 9.86. The molecule has 1 nitrogen and oxygen atoms in total. The second-order valence-corrected chi connectivity index (χ2v) is 3.51. The molecule has 0 aliphatic heterocycles. The minimum atomic E-state index is 0.129. The van der Waals surface area contributed by atoms with Gasteiger partial charge in [-0.15, -0.1) is 0 Å². The Labute approximate surface area is 74.5 Å². The molecule has 0 N–H and O–H groups in total. The number of Topliss-reactive ketones (excluding diaryl/α,β-unsaturated/α-hetero) is 1. The first-order chi connectivity index (χ1) is 5.83. The highest BCUT2D eigenvalue weighted by Gasteiger charge is 2.15. The molecule has 1 aliphatic carbocycles. The molecular formula is C11H16O. The maximum absolute atomic E-state index is 11.1. The Morgan fingerprint density at radius 3 is 2.58 bits per heavy atom. The van der Waals surface area contributed by atoms with Crippen LogP contribution in [0.3, 0.4) is 0 Å². The molecule has 0 aromatic heterocycles. The van der Waals surface area contributed by atoms with Gasteiger partial charge in [-0.3, -0.25) is 4.79 Å². The van der Waals surface area contributed by atoms with Gasteiger partial charge in [0.15, 0.2) is 0 Å². The number of carbonyl (C=O) groups is 1. The summed E-state index contributed by atoms with van der Waals surface area (Å²) in [6.45, 7) is 1.72. The molecule has 0 radical (unpaired) electrons. The van der Waals surface area contributed by atoms with E-state index in [2.05, 4.69) is 11.8 Å². The maximum Gasteiger partial charge on any atom is 0.205 e. The number of carbonyl (C=O) groups excluding carboxylic acids is 1. The molecule has 0 heterocycles. The molecule has 0 aromatic carbocycles. The summed E-state index contributed by atoms with van der Waals surface area (Å²) >= 11 is 0. The lowest BCUT2D eigenvalue weighted by Gasteiger charge is -2.19. The van der Waals surface area contributed by atoms with Gasteiger partial charge in [0.2, 0.25) is 5.78 Å². The van der Waals surface area contributed by atoms with Crippen molar-refractivity contribution in [2.24, 2.45) is 5.92 Å². The monoisotopic (exact) mass is 164 g/mol. The minimum Gasteiger partial charge on any atom is -0.285 e. The van der Waals surface area contributed by atoms with E-state index in [1.807, 2.05) is 0 Å². The van der Waals surface area contributed by atoms with Crippen LogP contribution < -0.4 is 0 Å². The normalized spacial score (nSPS) is 18.1. The summed E-state index contributed by atoms with van der Waals surface area (Å²) in [5.74, 6) is 6.02. The molecule has 0 bridgehead atoms. The predicted molar refractivity (Wildman–Crippen MR) is 49.6 cm³/mol. The second kappa shape index (κ2) is 4.98. The molecule has 0 spiro atoms. The van der Waals surface area contributed by atoms with E-state index in [1.54, 1.807) is 6.92 Å². The van der Waals surface area contributed by atoms with Crippen molar-refractivity contribution in [2.45, 2.75) is 45.4 Å². The molecule has 0 saturated heterocycles.